The fraction of sp³-hybridized carbons (Fsp3) is 0.636. The van der Waals surface area contributed by atoms with E-state index < -0.39 is 0 Å². The Kier molecular flexibility index (Phi) is 4.49. The summed E-state index contributed by atoms with van der Waals surface area (Å²) in [6.07, 6.45) is 0.188. The predicted octanol–water partition coefficient (Wildman–Crippen LogP) is 0.855. The maximum atomic E-state index is 11.5. The van der Waals surface area contributed by atoms with Crippen LogP contribution in [0.1, 0.15) is 36.5 Å². The molecule has 0 aliphatic heterocycles. The highest BCUT2D eigenvalue weighted by atomic mass is 16.3. The molecule has 90 valence electrons. The number of rotatable bonds is 5. The fourth-order valence-corrected chi connectivity index (χ4v) is 1.29. The Morgan fingerprint density at radius 1 is 1.62 bits per heavy atom. The summed E-state index contributed by atoms with van der Waals surface area (Å²) in [7, 11) is 0. The minimum atomic E-state index is -0.374. The average molecular weight is 225 g/mol. The Morgan fingerprint density at radius 2 is 2.31 bits per heavy atom. The fourth-order valence-electron chi connectivity index (χ4n) is 1.29. The van der Waals surface area contributed by atoms with Crippen molar-refractivity contribution in [1.82, 2.24) is 15.5 Å². The van der Waals surface area contributed by atoms with Crippen molar-refractivity contribution < 1.29 is 9.90 Å². The van der Waals surface area contributed by atoms with Crippen LogP contribution in [0, 0.1) is 12.8 Å². The van der Waals surface area contributed by atoms with E-state index in [0.717, 1.165) is 5.69 Å². The second-order valence-electron chi connectivity index (χ2n) is 4.29. The van der Waals surface area contributed by atoms with Gasteiger partial charge in [-0.15, -0.1) is 0 Å². The summed E-state index contributed by atoms with van der Waals surface area (Å²) in [6.45, 7) is 6.20. The van der Waals surface area contributed by atoms with Gasteiger partial charge in [-0.1, -0.05) is 13.8 Å². The number of aliphatic hydroxyl groups is 1. The number of H-pyrrole nitrogens is 1. The lowest BCUT2D eigenvalue weighted by Gasteiger charge is -2.13. The normalized spacial score (nSPS) is 12.8. The number of aryl methyl sites for hydroxylation is 1. The first-order chi connectivity index (χ1) is 7.50. The zero-order chi connectivity index (χ0) is 12.1. The van der Waals surface area contributed by atoms with Gasteiger partial charge in [-0.25, -0.2) is 0 Å². The molecule has 0 radical (unpaired) electrons. The Balaban J connectivity index is 2.31. The zero-order valence-corrected chi connectivity index (χ0v) is 9.95. The molecule has 1 amide bonds. The third-order valence-corrected chi connectivity index (χ3v) is 2.43. The lowest BCUT2D eigenvalue weighted by molar-refractivity contribution is 0.0915. The van der Waals surface area contributed by atoms with Gasteiger partial charge in [0.1, 0.15) is 5.69 Å². The number of aromatic amines is 1. The van der Waals surface area contributed by atoms with Crippen molar-refractivity contribution in [3.8, 4) is 0 Å². The molecule has 1 aromatic heterocycles. The summed E-state index contributed by atoms with van der Waals surface area (Å²) in [4.78, 5) is 11.5. The third kappa shape index (κ3) is 3.66. The molecule has 0 fully saturated rings. The molecule has 16 heavy (non-hydrogen) atoms. The number of carbonyl (C=O) groups is 1. The van der Waals surface area contributed by atoms with Crippen LogP contribution in [0.15, 0.2) is 6.07 Å². The Bertz CT molecular complexity index is 347. The smallest absolute Gasteiger partial charge is 0.271 e. The molecule has 1 aromatic rings. The second kappa shape index (κ2) is 5.65. The van der Waals surface area contributed by atoms with Crippen molar-refractivity contribution in [3.05, 3.63) is 17.5 Å². The average Bonchev–Trinajstić information content (AvgIpc) is 2.64. The molecule has 0 aliphatic rings. The number of nitrogens with zero attached hydrogens (tertiary/aromatic N) is 1. The molecule has 1 rings (SSSR count). The van der Waals surface area contributed by atoms with Crippen LogP contribution in [0.3, 0.4) is 0 Å². The number of amides is 1. The Hall–Kier alpha value is -1.36. The van der Waals surface area contributed by atoms with Gasteiger partial charge in [0.05, 0.1) is 6.10 Å². The molecule has 0 bridgehead atoms. The first kappa shape index (κ1) is 12.7. The van der Waals surface area contributed by atoms with Crippen molar-refractivity contribution in [2.24, 2.45) is 5.92 Å². The van der Waals surface area contributed by atoms with Crippen LogP contribution in [0.5, 0.6) is 0 Å². The maximum Gasteiger partial charge on any atom is 0.271 e. The van der Waals surface area contributed by atoms with Crippen LogP contribution in [0.4, 0.5) is 0 Å². The third-order valence-electron chi connectivity index (χ3n) is 2.43. The van der Waals surface area contributed by atoms with Gasteiger partial charge < -0.3 is 10.4 Å². The number of aromatic nitrogens is 2. The lowest BCUT2D eigenvalue weighted by atomic mass is 10.0. The van der Waals surface area contributed by atoms with Crippen molar-refractivity contribution in [2.45, 2.75) is 33.3 Å². The van der Waals surface area contributed by atoms with E-state index in [1.165, 1.54) is 0 Å². The van der Waals surface area contributed by atoms with Crippen LogP contribution in [-0.2, 0) is 0 Å². The van der Waals surface area contributed by atoms with E-state index >= 15 is 0 Å². The van der Waals surface area contributed by atoms with Gasteiger partial charge in [-0.3, -0.25) is 9.89 Å². The number of hydrogen-bond donors (Lipinski definition) is 3. The quantitative estimate of drug-likeness (QED) is 0.695. The standard InChI is InChI=1S/C11H19N3O2/c1-7(2)10(15)4-5-12-11(16)9-6-8(3)13-14-9/h6-7,10,15H,4-5H2,1-3H3,(H,12,16)(H,13,14). The largest absolute Gasteiger partial charge is 0.393 e. The summed E-state index contributed by atoms with van der Waals surface area (Å²) < 4.78 is 0. The molecule has 0 aliphatic carbocycles. The predicted molar refractivity (Wildman–Crippen MR) is 61.1 cm³/mol. The van der Waals surface area contributed by atoms with E-state index in [-0.39, 0.29) is 17.9 Å². The maximum absolute atomic E-state index is 11.5. The summed E-state index contributed by atoms with van der Waals surface area (Å²) >= 11 is 0. The molecule has 3 N–H and O–H groups in total. The van der Waals surface area contributed by atoms with Gasteiger partial charge in [-0.05, 0) is 25.3 Å². The van der Waals surface area contributed by atoms with E-state index in [9.17, 15) is 9.90 Å². The highest BCUT2D eigenvalue weighted by molar-refractivity contribution is 5.92. The molecule has 0 spiro atoms. The molecule has 5 nitrogen and oxygen atoms in total. The highest BCUT2D eigenvalue weighted by Gasteiger charge is 2.11. The van der Waals surface area contributed by atoms with Gasteiger partial charge >= 0.3 is 0 Å². The summed E-state index contributed by atoms with van der Waals surface area (Å²) in [6, 6.07) is 1.69. The van der Waals surface area contributed by atoms with Gasteiger partial charge in [0, 0.05) is 12.2 Å². The van der Waals surface area contributed by atoms with Crippen molar-refractivity contribution in [2.75, 3.05) is 6.54 Å². The molecular weight excluding hydrogens is 206 g/mol. The molecular formula is C11H19N3O2. The van der Waals surface area contributed by atoms with Crippen LogP contribution in [-0.4, -0.2) is 33.9 Å². The molecule has 1 atom stereocenters. The number of hydrogen-bond acceptors (Lipinski definition) is 3. The van der Waals surface area contributed by atoms with Crippen LogP contribution >= 0.6 is 0 Å². The van der Waals surface area contributed by atoms with E-state index in [2.05, 4.69) is 15.5 Å². The molecule has 1 heterocycles. The monoisotopic (exact) mass is 225 g/mol. The topological polar surface area (TPSA) is 78.0 Å². The minimum absolute atomic E-state index is 0.208. The number of aliphatic hydroxyl groups excluding tert-OH is 1. The number of carbonyl (C=O) groups excluding carboxylic acids is 1. The second-order valence-corrected chi connectivity index (χ2v) is 4.29. The highest BCUT2D eigenvalue weighted by Crippen LogP contribution is 2.04. The molecule has 0 aromatic carbocycles. The summed E-state index contributed by atoms with van der Waals surface area (Å²) in [5.74, 6) is 0.00448. The molecule has 0 saturated heterocycles. The van der Waals surface area contributed by atoms with Crippen molar-refractivity contribution in [1.29, 1.82) is 0 Å². The minimum Gasteiger partial charge on any atom is -0.393 e. The van der Waals surface area contributed by atoms with E-state index in [4.69, 9.17) is 0 Å². The van der Waals surface area contributed by atoms with E-state index in [0.29, 0.717) is 18.7 Å². The Morgan fingerprint density at radius 3 is 2.81 bits per heavy atom. The van der Waals surface area contributed by atoms with E-state index in [1.807, 2.05) is 20.8 Å². The van der Waals surface area contributed by atoms with Crippen molar-refractivity contribution >= 4 is 5.91 Å². The molecule has 5 heteroatoms. The SMILES string of the molecule is Cc1cc(C(=O)NCCC(O)C(C)C)n[nH]1. The Labute approximate surface area is 95.3 Å². The lowest BCUT2D eigenvalue weighted by Crippen LogP contribution is -2.28. The van der Waals surface area contributed by atoms with Gasteiger partial charge in [0.15, 0.2) is 0 Å². The molecule has 1 unspecified atom stereocenters. The van der Waals surface area contributed by atoms with Crippen LogP contribution < -0.4 is 5.32 Å². The van der Waals surface area contributed by atoms with Crippen LogP contribution in [0.2, 0.25) is 0 Å². The van der Waals surface area contributed by atoms with Gasteiger partial charge in [0.25, 0.3) is 5.91 Å². The number of nitrogens with one attached hydrogen (secondary N) is 2. The van der Waals surface area contributed by atoms with Gasteiger partial charge in [-0.2, -0.15) is 5.10 Å². The summed E-state index contributed by atoms with van der Waals surface area (Å²) in [5, 5.41) is 18.8. The molecule has 0 saturated carbocycles. The van der Waals surface area contributed by atoms with Crippen molar-refractivity contribution in [3.63, 3.8) is 0 Å². The first-order valence-electron chi connectivity index (χ1n) is 5.49. The van der Waals surface area contributed by atoms with E-state index in [1.54, 1.807) is 6.07 Å². The van der Waals surface area contributed by atoms with Gasteiger partial charge in [0.2, 0.25) is 0 Å². The zero-order valence-electron chi connectivity index (χ0n) is 9.95. The summed E-state index contributed by atoms with van der Waals surface area (Å²) in [5.41, 5.74) is 1.24. The van der Waals surface area contributed by atoms with Crippen LogP contribution in [0.25, 0.3) is 0 Å². The first-order valence-corrected chi connectivity index (χ1v) is 5.49.